The van der Waals surface area contributed by atoms with Crippen molar-refractivity contribution >= 4 is 10.0 Å². The number of aromatic nitrogens is 1. The van der Waals surface area contributed by atoms with Gasteiger partial charge in [0.1, 0.15) is 0 Å². The number of hydrogen-bond acceptors (Lipinski definition) is 5. The molecule has 0 saturated carbocycles. The summed E-state index contributed by atoms with van der Waals surface area (Å²) >= 11 is 0. The first-order chi connectivity index (χ1) is 9.62. The Hall–Kier alpha value is -1.02. The van der Waals surface area contributed by atoms with Crippen LogP contribution in [0.5, 0.6) is 0 Å². The maximum atomic E-state index is 11.6. The summed E-state index contributed by atoms with van der Waals surface area (Å²) in [4.78, 5) is 6.36. The van der Waals surface area contributed by atoms with E-state index in [0.717, 1.165) is 18.7 Å². The summed E-state index contributed by atoms with van der Waals surface area (Å²) in [7, 11) is -3.19. The molecule has 0 radical (unpaired) electrons. The molecule has 0 bridgehead atoms. The molecule has 1 aromatic heterocycles. The van der Waals surface area contributed by atoms with E-state index in [1.165, 1.54) is 0 Å². The third-order valence-electron chi connectivity index (χ3n) is 3.43. The van der Waals surface area contributed by atoms with Gasteiger partial charge in [0.15, 0.2) is 0 Å². The van der Waals surface area contributed by atoms with Crippen molar-refractivity contribution in [2.45, 2.75) is 13.0 Å². The number of nitrogens with zero attached hydrogens (tertiary/aromatic N) is 2. The fraction of sp³-hybridized carbons (Fsp3) is 0.615. The van der Waals surface area contributed by atoms with Gasteiger partial charge in [-0.2, -0.15) is 0 Å². The molecule has 0 spiro atoms. The standard InChI is InChI=1S/C13H21N3O3S/c1-2-20(17,18)15-11-13(12-4-3-5-14-10-12)16-6-8-19-9-7-16/h3-5,10,13,15H,2,6-9,11H2,1H3. The zero-order valence-corrected chi connectivity index (χ0v) is 12.5. The van der Waals surface area contributed by atoms with Crippen LogP contribution in [0.4, 0.5) is 0 Å². The molecular weight excluding hydrogens is 278 g/mol. The van der Waals surface area contributed by atoms with Gasteiger partial charge in [-0.15, -0.1) is 0 Å². The first-order valence-corrected chi connectivity index (χ1v) is 8.46. The highest BCUT2D eigenvalue weighted by Crippen LogP contribution is 2.20. The molecule has 1 atom stereocenters. The zero-order chi connectivity index (χ0) is 14.4. The van der Waals surface area contributed by atoms with Crippen molar-refractivity contribution in [2.24, 2.45) is 0 Å². The average Bonchev–Trinajstić information content (AvgIpc) is 2.49. The number of hydrogen-bond donors (Lipinski definition) is 1. The molecule has 1 aromatic rings. The van der Waals surface area contributed by atoms with Gasteiger partial charge >= 0.3 is 0 Å². The van der Waals surface area contributed by atoms with Crippen molar-refractivity contribution in [2.75, 3.05) is 38.6 Å². The van der Waals surface area contributed by atoms with Crippen LogP contribution in [-0.4, -0.2) is 56.9 Å². The monoisotopic (exact) mass is 299 g/mol. The molecule has 1 fully saturated rings. The van der Waals surface area contributed by atoms with E-state index in [9.17, 15) is 8.42 Å². The Morgan fingerprint density at radius 3 is 2.80 bits per heavy atom. The topological polar surface area (TPSA) is 71.5 Å². The van der Waals surface area contributed by atoms with Crippen molar-refractivity contribution in [1.29, 1.82) is 0 Å². The number of morpholine rings is 1. The summed E-state index contributed by atoms with van der Waals surface area (Å²) in [6.45, 7) is 4.95. The lowest BCUT2D eigenvalue weighted by Crippen LogP contribution is -2.44. The van der Waals surface area contributed by atoms with Crippen molar-refractivity contribution in [3.63, 3.8) is 0 Å². The maximum absolute atomic E-state index is 11.6. The Morgan fingerprint density at radius 2 is 2.20 bits per heavy atom. The van der Waals surface area contributed by atoms with E-state index in [0.29, 0.717) is 19.8 Å². The number of nitrogens with one attached hydrogen (secondary N) is 1. The predicted octanol–water partition coefficient (Wildman–Crippen LogP) is 0.394. The van der Waals surface area contributed by atoms with Gasteiger partial charge in [0, 0.05) is 32.0 Å². The average molecular weight is 299 g/mol. The minimum Gasteiger partial charge on any atom is -0.379 e. The van der Waals surface area contributed by atoms with Crippen LogP contribution in [0.3, 0.4) is 0 Å². The van der Waals surface area contributed by atoms with E-state index in [4.69, 9.17) is 4.74 Å². The lowest BCUT2D eigenvalue weighted by molar-refractivity contribution is 0.0171. The first kappa shape index (κ1) is 15.4. The van der Waals surface area contributed by atoms with Crippen LogP contribution in [-0.2, 0) is 14.8 Å². The Balaban J connectivity index is 2.11. The number of ether oxygens (including phenoxy) is 1. The summed E-state index contributed by atoms with van der Waals surface area (Å²) in [6, 6.07) is 3.85. The fourth-order valence-corrected chi connectivity index (χ4v) is 2.84. The molecule has 7 heteroatoms. The second kappa shape index (κ2) is 7.12. The maximum Gasteiger partial charge on any atom is 0.211 e. The Bertz CT molecular complexity index is 501. The summed E-state index contributed by atoms with van der Waals surface area (Å²) < 4.78 is 31.3. The van der Waals surface area contributed by atoms with Gasteiger partial charge < -0.3 is 4.74 Å². The van der Waals surface area contributed by atoms with Crippen LogP contribution in [0.25, 0.3) is 0 Å². The number of sulfonamides is 1. The van der Waals surface area contributed by atoms with Crippen molar-refractivity contribution in [1.82, 2.24) is 14.6 Å². The molecule has 112 valence electrons. The molecule has 6 nitrogen and oxygen atoms in total. The number of pyridine rings is 1. The zero-order valence-electron chi connectivity index (χ0n) is 11.7. The second-order valence-electron chi connectivity index (χ2n) is 4.70. The van der Waals surface area contributed by atoms with E-state index >= 15 is 0 Å². The lowest BCUT2D eigenvalue weighted by atomic mass is 10.1. The van der Waals surface area contributed by atoms with Crippen LogP contribution >= 0.6 is 0 Å². The van der Waals surface area contributed by atoms with Crippen LogP contribution in [0, 0.1) is 0 Å². The summed E-state index contributed by atoms with van der Waals surface area (Å²) in [5, 5.41) is 0. The van der Waals surface area contributed by atoms with Gasteiger partial charge in [-0.1, -0.05) is 6.07 Å². The molecule has 1 aliphatic rings. The van der Waals surface area contributed by atoms with Crippen LogP contribution in [0.2, 0.25) is 0 Å². The SMILES string of the molecule is CCS(=O)(=O)NCC(c1cccnc1)N1CCOCC1. The quantitative estimate of drug-likeness (QED) is 0.823. The predicted molar refractivity (Wildman–Crippen MR) is 76.8 cm³/mol. The second-order valence-corrected chi connectivity index (χ2v) is 6.80. The van der Waals surface area contributed by atoms with Crippen molar-refractivity contribution in [3.8, 4) is 0 Å². The van der Waals surface area contributed by atoms with E-state index in [1.807, 2.05) is 12.1 Å². The van der Waals surface area contributed by atoms with Crippen LogP contribution < -0.4 is 4.72 Å². The Morgan fingerprint density at radius 1 is 1.45 bits per heavy atom. The molecule has 0 aliphatic carbocycles. The van der Waals surface area contributed by atoms with E-state index < -0.39 is 10.0 Å². The smallest absolute Gasteiger partial charge is 0.211 e. The normalized spacial score (nSPS) is 18.9. The molecular formula is C13H21N3O3S. The van der Waals surface area contributed by atoms with E-state index in [-0.39, 0.29) is 11.8 Å². The van der Waals surface area contributed by atoms with Gasteiger partial charge in [0.25, 0.3) is 0 Å². The van der Waals surface area contributed by atoms with E-state index in [2.05, 4.69) is 14.6 Å². The molecule has 1 saturated heterocycles. The molecule has 1 N–H and O–H groups in total. The minimum absolute atomic E-state index is 0.00563. The van der Waals surface area contributed by atoms with Gasteiger partial charge in [-0.05, 0) is 18.6 Å². The Kier molecular flexibility index (Phi) is 5.47. The molecule has 0 aromatic carbocycles. The summed E-state index contributed by atoms with van der Waals surface area (Å²) in [6.07, 6.45) is 3.51. The molecule has 2 rings (SSSR count). The van der Waals surface area contributed by atoms with Gasteiger partial charge in [-0.3, -0.25) is 9.88 Å². The molecule has 1 aliphatic heterocycles. The Labute approximate surface area is 120 Å². The first-order valence-electron chi connectivity index (χ1n) is 6.81. The fourth-order valence-electron chi connectivity index (χ4n) is 2.23. The highest BCUT2D eigenvalue weighted by atomic mass is 32.2. The third kappa shape index (κ3) is 4.24. The minimum atomic E-state index is -3.19. The van der Waals surface area contributed by atoms with Crippen molar-refractivity contribution < 1.29 is 13.2 Å². The van der Waals surface area contributed by atoms with E-state index in [1.54, 1.807) is 19.3 Å². The summed E-state index contributed by atoms with van der Waals surface area (Å²) in [5.74, 6) is 0.0931. The highest BCUT2D eigenvalue weighted by molar-refractivity contribution is 7.89. The lowest BCUT2D eigenvalue weighted by Gasteiger charge is -2.34. The van der Waals surface area contributed by atoms with Gasteiger partial charge in [0.05, 0.1) is 25.0 Å². The van der Waals surface area contributed by atoms with Crippen molar-refractivity contribution in [3.05, 3.63) is 30.1 Å². The largest absolute Gasteiger partial charge is 0.379 e. The number of rotatable bonds is 6. The highest BCUT2D eigenvalue weighted by Gasteiger charge is 2.24. The van der Waals surface area contributed by atoms with Crippen LogP contribution in [0.15, 0.2) is 24.5 Å². The third-order valence-corrected chi connectivity index (χ3v) is 4.80. The van der Waals surface area contributed by atoms with Crippen LogP contribution in [0.1, 0.15) is 18.5 Å². The van der Waals surface area contributed by atoms with Gasteiger partial charge in [0.2, 0.25) is 10.0 Å². The summed E-state index contributed by atoms with van der Waals surface area (Å²) in [5.41, 5.74) is 1.02. The molecule has 2 heterocycles. The van der Waals surface area contributed by atoms with Gasteiger partial charge in [-0.25, -0.2) is 13.1 Å². The molecule has 1 unspecified atom stereocenters. The molecule has 0 amide bonds. The molecule has 20 heavy (non-hydrogen) atoms.